The van der Waals surface area contributed by atoms with E-state index in [0.29, 0.717) is 6.42 Å². The molecule has 0 radical (unpaired) electrons. The summed E-state index contributed by atoms with van der Waals surface area (Å²) in [4.78, 5) is 45.3. The quantitative estimate of drug-likeness (QED) is 0.517. The molecule has 0 aromatic carbocycles. The van der Waals surface area contributed by atoms with Crippen LogP contribution < -0.4 is 0 Å². The van der Waals surface area contributed by atoms with E-state index in [0.717, 1.165) is 0 Å². The van der Waals surface area contributed by atoms with Crippen molar-refractivity contribution in [3.63, 3.8) is 0 Å². The topological polar surface area (TPSA) is 114 Å². The van der Waals surface area contributed by atoms with Gasteiger partial charge in [-0.2, -0.15) is 0 Å². The number of hydrogen-bond donors (Lipinski definition) is 0. The lowest BCUT2D eigenvalue weighted by atomic mass is 9.94. The second-order valence-corrected chi connectivity index (χ2v) is 5.90. The van der Waals surface area contributed by atoms with Crippen molar-refractivity contribution in [3.8, 4) is 0 Å². The molecule has 9 heteroatoms. The monoisotopic (exact) mass is 360 g/mol. The third kappa shape index (κ3) is 7.08. The molecule has 1 unspecified atom stereocenters. The molecule has 0 aromatic rings. The van der Waals surface area contributed by atoms with E-state index in [1.54, 1.807) is 6.92 Å². The molecule has 1 heterocycles. The largest absolute Gasteiger partial charge is 0.463 e. The normalized spacial score (nSPS) is 29.1. The van der Waals surface area contributed by atoms with Crippen LogP contribution in [0.1, 0.15) is 41.0 Å². The van der Waals surface area contributed by atoms with E-state index in [1.807, 2.05) is 0 Å². The first-order valence-corrected chi connectivity index (χ1v) is 7.90. The van der Waals surface area contributed by atoms with Crippen molar-refractivity contribution in [2.24, 2.45) is 5.92 Å². The Bertz CT molecular complexity index is 516. The van der Waals surface area contributed by atoms with Crippen molar-refractivity contribution >= 4 is 23.9 Å². The summed E-state index contributed by atoms with van der Waals surface area (Å²) >= 11 is 0. The van der Waals surface area contributed by atoms with Crippen LogP contribution in [-0.2, 0) is 42.9 Å². The van der Waals surface area contributed by atoms with Gasteiger partial charge in [0.15, 0.2) is 0 Å². The van der Waals surface area contributed by atoms with Gasteiger partial charge in [0.2, 0.25) is 12.4 Å². The Hall–Kier alpha value is -2.16. The van der Waals surface area contributed by atoms with E-state index >= 15 is 0 Å². The first-order valence-electron chi connectivity index (χ1n) is 7.90. The fraction of sp³-hybridized carbons (Fsp3) is 0.750. The lowest BCUT2D eigenvalue weighted by Crippen LogP contribution is -2.47. The molecule has 1 aliphatic rings. The Morgan fingerprint density at radius 2 is 1.36 bits per heavy atom. The summed E-state index contributed by atoms with van der Waals surface area (Å²) in [6.45, 7) is 6.53. The molecule has 25 heavy (non-hydrogen) atoms. The highest BCUT2D eigenvalue weighted by Gasteiger charge is 2.45. The molecule has 5 atom stereocenters. The lowest BCUT2D eigenvalue weighted by Gasteiger charge is -2.31. The zero-order valence-electron chi connectivity index (χ0n) is 15.0. The molecule has 0 aliphatic carbocycles. The number of esters is 4. The zero-order chi connectivity index (χ0) is 19.1. The molecular formula is C16H24O9. The Balaban J connectivity index is 3.12. The van der Waals surface area contributed by atoms with E-state index < -0.39 is 48.5 Å². The summed E-state index contributed by atoms with van der Waals surface area (Å²) in [6.07, 6.45) is -3.60. The van der Waals surface area contributed by atoms with Crippen LogP contribution in [0.15, 0.2) is 0 Å². The minimum atomic E-state index is -1.30. The van der Waals surface area contributed by atoms with Crippen LogP contribution in [0.4, 0.5) is 0 Å². The Kier molecular flexibility index (Phi) is 7.82. The van der Waals surface area contributed by atoms with Gasteiger partial charge < -0.3 is 23.7 Å². The van der Waals surface area contributed by atoms with Crippen LogP contribution in [0.25, 0.3) is 0 Å². The second-order valence-electron chi connectivity index (χ2n) is 5.90. The van der Waals surface area contributed by atoms with Crippen LogP contribution >= 0.6 is 0 Å². The summed E-state index contributed by atoms with van der Waals surface area (Å²) in [6, 6.07) is 0. The number of hydrogen-bond acceptors (Lipinski definition) is 9. The van der Waals surface area contributed by atoms with Gasteiger partial charge in [-0.15, -0.1) is 0 Å². The summed E-state index contributed by atoms with van der Waals surface area (Å²) < 4.78 is 26.2. The third-order valence-corrected chi connectivity index (χ3v) is 3.47. The maximum absolute atomic E-state index is 11.5. The molecule has 1 fully saturated rings. The number of ether oxygens (including phenoxy) is 5. The first kappa shape index (κ1) is 20.9. The number of carbonyl (C=O) groups excluding carboxylic acids is 4. The van der Waals surface area contributed by atoms with Gasteiger partial charge in [0, 0.05) is 27.7 Å². The molecular weight excluding hydrogens is 336 g/mol. The maximum Gasteiger partial charge on any atom is 0.305 e. The molecule has 0 spiro atoms. The standard InChI is InChI=1S/C16H24O9/c1-8-6-13(7-21-9(2)17)25-16(24-12(5)20)15(23-11(4)19)14(8)22-10(3)18/h8,13-16H,6-7H2,1-5H3/t8-,13+,14-,15-,16?/m1/s1. The molecule has 1 aliphatic heterocycles. The minimum Gasteiger partial charge on any atom is -0.463 e. The molecule has 1 saturated heterocycles. The molecule has 0 saturated carbocycles. The highest BCUT2D eigenvalue weighted by Crippen LogP contribution is 2.30. The van der Waals surface area contributed by atoms with Gasteiger partial charge in [0.25, 0.3) is 0 Å². The summed E-state index contributed by atoms with van der Waals surface area (Å²) in [5.41, 5.74) is 0. The molecule has 0 aromatic heterocycles. The van der Waals surface area contributed by atoms with Crippen LogP contribution in [-0.4, -0.2) is 55.1 Å². The molecule has 0 N–H and O–H groups in total. The molecule has 142 valence electrons. The third-order valence-electron chi connectivity index (χ3n) is 3.47. The van der Waals surface area contributed by atoms with Gasteiger partial charge in [-0.05, 0) is 12.3 Å². The highest BCUT2D eigenvalue weighted by molar-refractivity contribution is 5.68. The fourth-order valence-corrected chi connectivity index (χ4v) is 2.62. The zero-order valence-corrected chi connectivity index (χ0v) is 15.0. The van der Waals surface area contributed by atoms with Gasteiger partial charge in [-0.25, -0.2) is 0 Å². The second kappa shape index (κ2) is 9.36. The van der Waals surface area contributed by atoms with E-state index in [4.69, 9.17) is 23.7 Å². The van der Waals surface area contributed by atoms with Gasteiger partial charge in [0.1, 0.15) is 12.7 Å². The first-order chi connectivity index (χ1) is 11.6. The summed E-state index contributed by atoms with van der Waals surface area (Å²) in [5, 5.41) is 0. The summed E-state index contributed by atoms with van der Waals surface area (Å²) in [5.74, 6) is -2.68. The predicted octanol–water partition coefficient (Wildman–Crippen LogP) is 0.727. The molecule has 1 rings (SSSR count). The van der Waals surface area contributed by atoms with Gasteiger partial charge in [-0.3, -0.25) is 19.2 Å². The predicted molar refractivity (Wildman–Crippen MR) is 81.9 cm³/mol. The van der Waals surface area contributed by atoms with E-state index in [-0.39, 0.29) is 12.5 Å². The van der Waals surface area contributed by atoms with Crippen LogP contribution in [0, 0.1) is 5.92 Å². The van der Waals surface area contributed by atoms with Crippen molar-refractivity contribution in [1.82, 2.24) is 0 Å². The average molecular weight is 360 g/mol. The van der Waals surface area contributed by atoms with Gasteiger partial charge in [-0.1, -0.05) is 6.92 Å². The minimum absolute atomic E-state index is 0.0724. The van der Waals surface area contributed by atoms with Crippen molar-refractivity contribution < 1.29 is 42.9 Å². The highest BCUT2D eigenvalue weighted by atomic mass is 16.7. The Labute approximate surface area is 145 Å². The summed E-state index contributed by atoms with van der Waals surface area (Å²) in [7, 11) is 0. The Morgan fingerprint density at radius 3 is 1.84 bits per heavy atom. The fourth-order valence-electron chi connectivity index (χ4n) is 2.62. The molecule has 0 amide bonds. The van der Waals surface area contributed by atoms with Gasteiger partial charge in [0.05, 0.1) is 6.10 Å². The van der Waals surface area contributed by atoms with Crippen LogP contribution in [0.3, 0.4) is 0 Å². The maximum atomic E-state index is 11.5. The van der Waals surface area contributed by atoms with Gasteiger partial charge >= 0.3 is 23.9 Å². The van der Waals surface area contributed by atoms with Crippen LogP contribution in [0.5, 0.6) is 0 Å². The molecule has 9 nitrogen and oxygen atoms in total. The number of rotatable bonds is 5. The Morgan fingerprint density at radius 1 is 0.840 bits per heavy atom. The van der Waals surface area contributed by atoms with Crippen molar-refractivity contribution in [2.75, 3.05) is 6.61 Å². The average Bonchev–Trinajstić information content (AvgIpc) is 2.56. The van der Waals surface area contributed by atoms with E-state index in [1.165, 1.54) is 27.7 Å². The van der Waals surface area contributed by atoms with Crippen molar-refractivity contribution in [3.05, 3.63) is 0 Å². The van der Waals surface area contributed by atoms with Crippen molar-refractivity contribution in [1.29, 1.82) is 0 Å². The molecule has 0 bridgehead atoms. The van der Waals surface area contributed by atoms with Crippen LogP contribution in [0.2, 0.25) is 0 Å². The smallest absolute Gasteiger partial charge is 0.305 e. The lowest BCUT2D eigenvalue weighted by molar-refractivity contribution is -0.235. The van der Waals surface area contributed by atoms with E-state index in [9.17, 15) is 19.2 Å². The number of carbonyl (C=O) groups is 4. The SMILES string of the molecule is CC(=O)OC[C@@H]1C[C@@H](C)[C@@H](OC(C)=O)[C@@H](OC(C)=O)C(OC(C)=O)O1. The van der Waals surface area contributed by atoms with E-state index in [2.05, 4.69) is 0 Å². The van der Waals surface area contributed by atoms with Crippen molar-refractivity contribution in [2.45, 2.75) is 65.6 Å².